The van der Waals surface area contributed by atoms with Gasteiger partial charge in [-0.15, -0.1) is 11.3 Å². The molecule has 1 aliphatic rings. The summed E-state index contributed by atoms with van der Waals surface area (Å²) in [6.07, 6.45) is 1.35. The molecule has 0 saturated carbocycles. The number of carbonyl (C=O) groups excluding carboxylic acids is 1. The third-order valence-electron chi connectivity index (χ3n) is 2.78. The van der Waals surface area contributed by atoms with Crippen LogP contribution in [0.15, 0.2) is 15.9 Å². The summed E-state index contributed by atoms with van der Waals surface area (Å²) in [6.45, 7) is 1.03. The molecule has 0 aliphatic carbocycles. The van der Waals surface area contributed by atoms with Crippen molar-refractivity contribution in [1.29, 1.82) is 0 Å². The minimum atomic E-state index is -0.331. The Morgan fingerprint density at radius 3 is 3.06 bits per heavy atom. The largest absolute Gasteiger partial charge is 0.364 e. The first-order chi connectivity index (χ1) is 8.20. The van der Waals surface area contributed by atoms with Gasteiger partial charge in [0.25, 0.3) is 0 Å². The van der Waals surface area contributed by atoms with Gasteiger partial charge >= 0.3 is 0 Å². The molecule has 4 nitrogen and oxygen atoms in total. The van der Waals surface area contributed by atoms with Gasteiger partial charge in [0.2, 0.25) is 5.91 Å². The van der Waals surface area contributed by atoms with Crippen LogP contribution in [0.4, 0.5) is 0 Å². The zero-order valence-electron chi connectivity index (χ0n) is 9.32. The molecule has 0 bridgehead atoms. The quantitative estimate of drug-likeness (QED) is 0.887. The molecule has 0 radical (unpaired) electrons. The topological polar surface area (TPSA) is 64.4 Å². The highest BCUT2D eigenvalue weighted by molar-refractivity contribution is 9.10. The number of nitrogens with one attached hydrogen (secondary N) is 1. The molecule has 1 aliphatic heterocycles. The molecule has 3 N–H and O–H groups in total. The summed E-state index contributed by atoms with van der Waals surface area (Å²) in [4.78, 5) is 12.9. The van der Waals surface area contributed by atoms with E-state index in [2.05, 4.69) is 21.2 Å². The number of thiophene rings is 1. The van der Waals surface area contributed by atoms with E-state index in [9.17, 15) is 4.79 Å². The summed E-state index contributed by atoms with van der Waals surface area (Å²) in [6, 6.07) is 1.97. The first kappa shape index (κ1) is 13.0. The van der Waals surface area contributed by atoms with Crippen molar-refractivity contribution in [3.05, 3.63) is 20.8 Å². The lowest BCUT2D eigenvalue weighted by molar-refractivity contribution is -0.132. The Hall–Kier alpha value is -0.430. The van der Waals surface area contributed by atoms with Crippen molar-refractivity contribution in [2.45, 2.75) is 31.6 Å². The molecule has 2 heterocycles. The Morgan fingerprint density at radius 2 is 2.47 bits per heavy atom. The number of nitrogens with two attached hydrogens (primary N) is 1. The van der Waals surface area contributed by atoms with Crippen molar-refractivity contribution < 1.29 is 9.53 Å². The molecule has 17 heavy (non-hydrogen) atoms. The van der Waals surface area contributed by atoms with Crippen LogP contribution in [0.1, 0.15) is 17.7 Å². The second-order valence-electron chi connectivity index (χ2n) is 3.97. The maximum absolute atomic E-state index is 11.8. The van der Waals surface area contributed by atoms with Gasteiger partial charge in [0, 0.05) is 15.9 Å². The predicted octanol–water partition coefficient (Wildman–Crippen LogP) is 1.63. The van der Waals surface area contributed by atoms with Crippen LogP contribution in [0.25, 0.3) is 0 Å². The smallest absolute Gasteiger partial charge is 0.249 e. The number of amides is 1. The molecule has 2 rings (SSSR count). The van der Waals surface area contributed by atoms with Crippen molar-refractivity contribution in [1.82, 2.24) is 5.32 Å². The lowest BCUT2D eigenvalue weighted by Gasteiger charge is -2.12. The van der Waals surface area contributed by atoms with Gasteiger partial charge in [0.1, 0.15) is 6.10 Å². The molecule has 1 aromatic rings. The second kappa shape index (κ2) is 5.95. The Morgan fingerprint density at radius 1 is 1.65 bits per heavy atom. The summed E-state index contributed by atoms with van der Waals surface area (Å²) >= 11 is 5.05. The van der Waals surface area contributed by atoms with Crippen molar-refractivity contribution in [2.75, 3.05) is 6.54 Å². The molecule has 1 fully saturated rings. The van der Waals surface area contributed by atoms with Crippen molar-refractivity contribution >= 4 is 33.2 Å². The van der Waals surface area contributed by atoms with Crippen LogP contribution >= 0.6 is 27.3 Å². The highest BCUT2D eigenvalue weighted by Gasteiger charge is 2.29. The van der Waals surface area contributed by atoms with Gasteiger partial charge in [-0.1, -0.05) is 0 Å². The first-order valence-electron chi connectivity index (χ1n) is 5.56. The van der Waals surface area contributed by atoms with E-state index < -0.39 is 0 Å². The summed E-state index contributed by atoms with van der Waals surface area (Å²) in [5.41, 5.74) is 5.51. The summed E-state index contributed by atoms with van der Waals surface area (Å²) in [5.74, 6) is -0.0405. The van der Waals surface area contributed by atoms with Gasteiger partial charge in [0.15, 0.2) is 0 Å². The Labute approximate surface area is 113 Å². The third kappa shape index (κ3) is 3.28. The Kier molecular flexibility index (Phi) is 4.55. The highest BCUT2D eigenvalue weighted by Crippen LogP contribution is 2.23. The molecule has 1 aromatic heterocycles. The van der Waals surface area contributed by atoms with Crippen molar-refractivity contribution in [3.63, 3.8) is 0 Å². The monoisotopic (exact) mass is 318 g/mol. The van der Waals surface area contributed by atoms with E-state index in [1.807, 2.05) is 11.4 Å². The zero-order valence-corrected chi connectivity index (χ0v) is 11.7. The van der Waals surface area contributed by atoms with Crippen LogP contribution < -0.4 is 11.1 Å². The van der Waals surface area contributed by atoms with E-state index in [-0.39, 0.29) is 18.1 Å². The number of ether oxygens (including phenoxy) is 1. The minimum absolute atomic E-state index is 0.0405. The Bertz CT molecular complexity index is 397. The number of rotatable bonds is 4. The van der Waals surface area contributed by atoms with Crippen molar-refractivity contribution in [2.24, 2.45) is 5.73 Å². The molecular formula is C11H15BrN2O2S. The highest BCUT2D eigenvalue weighted by atomic mass is 79.9. The zero-order chi connectivity index (χ0) is 12.3. The molecule has 6 heteroatoms. The van der Waals surface area contributed by atoms with E-state index in [4.69, 9.17) is 10.5 Å². The minimum Gasteiger partial charge on any atom is -0.364 e. The van der Waals surface area contributed by atoms with Crippen LogP contribution in [-0.4, -0.2) is 24.7 Å². The molecule has 2 unspecified atom stereocenters. The van der Waals surface area contributed by atoms with E-state index in [1.165, 1.54) is 0 Å². The average Bonchev–Trinajstić information content (AvgIpc) is 2.94. The lowest BCUT2D eigenvalue weighted by atomic mass is 10.2. The van der Waals surface area contributed by atoms with Crippen LogP contribution in [0.5, 0.6) is 0 Å². The van der Waals surface area contributed by atoms with Gasteiger partial charge in [-0.2, -0.15) is 0 Å². The fourth-order valence-corrected chi connectivity index (χ4v) is 3.24. The van der Waals surface area contributed by atoms with Crippen LogP contribution in [-0.2, 0) is 16.1 Å². The molecule has 0 spiro atoms. The average molecular weight is 319 g/mol. The second-order valence-corrected chi connectivity index (χ2v) is 5.82. The number of carbonyl (C=O) groups is 1. The fourth-order valence-electron chi connectivity index (χ4n) is 1.80. The standard InChI is InChI=1S/C11H15BrN2O2S/c12-8-3-4-17-10(8)6-14-11(15)9-2-1-7(5-13)16-9/h3-4,7,9H,1-2,5-6,13H2,(H,14,15). The number of hydrogen-bond donors (Lipinski definition) is 2. The predicted molar refractivity (Wildman–Crippen MR) is 70.8 cm³/mol. The Balaban J connectivity index is 1.80. The number of hydrogen-bond acceptors (Lipinski definition) is 4. The summed E-state index contributed by atoms with van der Waals surface area (Å²) in [7, 11) is 0. The summed E-state index contributed by atoms with van der Waals surface area (Å²) in [5, 5.41) is 4.88. The fraction of sp³-hybridized carbons (Fsp3) is 0.545. The molecule has 2 atom stereocenters. The molecule has 1 amide bonds. The van der Waals surface area contributed by atoms with Gasteiger partial charge in [-0.05, 0) is 40.2 Å². The number of halogens is 1. The van der Waals surface area contributed by atoms with E-state index in [0.29, 0.717) is 13.1 Å². The van der Waals surface area contributed by atoms with Crippen LogP contribution in [0, 0.1) is 0 Å². The first-order valence-corrected chi connectivity index (χ1v) is 7.23. The maximum atomic E-state index is 11.8. The maximum Gasteiger partial charge on any atom is 0.249 e. The molecule has 0 aromatic carbocycles. The van der Waals surface area contributed by atoms with Gasteiger partial charge in [-0.3, -0.25) is 4.79 Å². The SMILES string of the molecule is NCC1CCC(C(=O)NCc2sccc2Br)O1. The van der Waals surface area contributed by atoms with Crippen LogP contribution in [0.3, 0.4) is 0 Å². The van der Waals surface area contributed by atoms with Crippen molar-refractivity contribution in [3.8, 4) is 0 Å². The van der Waals surface area contributed by atoms with E-state index >= 15 is 0 Å². The molecule has 94 valence electrons. The van der Waals surface area contributed by atoms with Gasteiger partial charge in [0.05, 0.1) is 12.6 Å². The van der Waals surface area contributed by atoms with Gasteiger partial charge in [-0.25, -0.2) is 0 Å². The molecular weight excluding hydrogens is 304 g/mol. The lowest BCUT2D eigenvalue weighted by Crippen LogP contribution is -2.35. The normalized spacial score (nSPS) is 23.9. The van der Waals surface area contributed by atoms with Gasteiger partial charge < -0.3 is 15.8 Å². The summed E-state index contributed by atoms with van der Waals surface area (Å²) < 4.78 is 6.56. The molecule has 1 saturated heterocycles. The van der Waals surface area contributed by atoms with E-state index in [0.717, 1.165) is 22.2 Å². The third-order valence-corrected chi connectivity index (χ3v) is 4.70. The van der Waals surface area contributed by atoms with Crippen LogP contribution in [0.2, 0.25) is 0 Å². The van der Waals surface area contributed by atoms with E-state index in [1.54, 1.807) is 11.3 Å².